The Morgan fingerprint density at radius 3 is 2.64 bits per heavy atom. The molecule has 1 heterocycles. The first-order valence-corrected chi connectivity index (χ1v) is 11.5. The van der Waals surface area contributed by atoms with E-state index in [0.717, 1.165) is 25.7 Å². The van der Waals surface area contributed by atoms with Gasteiger partial charge in [0.1, 0.15) is 5.25 Å². The van der Waals surface area contributed by atoms with E-state index < -0.39 is 21.0 Å². The van der Waals surface area contributed by atoms with Gasteiger partial charge in [-0.15, -0.1) is 0 Å². The van der Waals surface area contributed by atoms with E-state index in [9.17, 15) is 13.2 Å². The SMILES string of the molecule is COc1ccc(S(=O)(=O)C(CC(=O)NO)c2ccsc2)cc1OC1CCCC1. The van der Waals surface area contributed by atoms with Crippen LogP contribution in [-0.2, 0) is 14.6 Å². The van der Waals surface area contributed by atoms with Crippen molar-refractivity contribution in [2.24, 2.45) is 0 Å². The second kappa shape index (κ2) is 8.93. The average Bonchev–Trinajstić information content (AvgIpc) is 3.39. The number of rotatable bonds is 8. The van der Waals surface area contributed by atoms with Gasteiger partial charge in [-0.25, -0.2) is 13.9 Å². The summed E-state index contributed by atoms with van der Waals surface area (Å²) in [4.78, 5) is 11.8. The zero-order chi connectivity index (χ0) is 20.1. The van der Waals surface area contributed by atoms with E-state index >= 15 is 0 Å². The van der Waals surface area contributed by atoms with Crippen molar-refractivity contribution >= 4 is 27.1 Å². The van der Waals surface area contributed by atoms with Crippen molar-refractivity contribution in [3.63, 3.8) is 0 Å². The number of methoxy groups -OCH3 is 1. The van der Waals surface area contributed by atoms with Crippen molar-refractivity contribution in [2.75, 3.05) is 7.11 Å². The second-order valence-electron chi connectivity index (χ2n) is 6.67. The molecule has 0 aliphatic heterocycles. The average molecular weight is 426 g/mol. The molecular weight excluding hydrogens is 402 g/mol. The Bertz CT molecular complexity index is 905. The Kier molecular flexibility index (Phi) is 6.58. The summed E-state index contributed by atoms with van der Waals surface area (Å²) in [6, 6.07) is 6.14. The quantitative estimate of drug-likeness (QED) is 0.496. The molecular formula is C19H23NO6S2. The molecule has 3 rings (SSSR count). The van der Waals surface area contributed by atoms with Crippen molar-refractivity contribution < 1.29 is 27.9 Å². The molecule has 1 aliphatic rings. The molecule has 1 aromatic carbocycles. The number of hydrogen-bond donors (Lipinski definition) is 2. The lowest BCUT2D eigenvalue weighted by molar-refractivity contribution is -0.129. The molecule has 9 heteroatoms. The van der Waals surface area contributed by atoms with Crippen LogP contribution in [0, 0.1) is 0 Å². The highest BCUT2D eigenvalue weighted by molar-refractivity contribution is 7.91. The van der Waals surface area contributed by atoms with Gasteiger partial charge in [0.05, 0.1) is 24.5 Å². The van der Waals surface area contributed by atoms with E-state index in [4.69, 9.17) is 14.7 Å². The Morgan fingerprint density at radius 1 is 1.29 bits per heavy atom. The van der Waals surface area contributed by atoms with Gasteiger partial charge in [-0.3, -0.25) is 10.0 Å². The van der Waals surface area contributed by atoms with E-state index in [1.807, 2.05) is 0 Å². The molecule has 1 aliphatic carbocycles. The summed E-state index contributed by atoms with van der Waals surface area (Å²) < 4.78 is 38.0. The first kappa shape index (κ1) is 20.6. The molecule has 7 nitrogen and oxygen atoms in total. The van der Waals surface area contributed by atoms with Crippen LogP contribution in [0.3, 0.4) is 0 Å². The molecule has 28 heavy (non-hydrogen) atoms. The van der Waals surface area contributed by atoms with Crippen molar-refractivity contribution in [1.82, 2.24) is 5.48 Å². The maximum absolute atomic E-state index is 13.3. The largest absolute Gasteiger partial charge is 0.493 e. The highest BCUT2D eigenvalue weighted by atomic mass is 32.2. The lowest BCUT2D eigenvalue weighted by Gasteiger charge is -2.19. The number of benzene rings is 1. The minimum absolute atomic E-state index is 0.0414. The fourth-order valence-corrected chi connectivity index (χ4v) is 5.89. The normalized spacial score (nSPS) is 15.9. The monoisotopic (exact) mass is 425 g/mol. The van der Waals surface area contributed by atoms with Crippen LogP contribution in [0.2, 0.25) is 0 Å². The van der Waals surface area contributed by atoms with Gasteiger partial charge in [-0.1, -0.05) is 0 Å². The van der Waals surface area contributed by atoms with Gasteiger partial charge in [0.2, 0.25) is 5.91 Å². The van der Waals surface area contributed by atoms with Crippen LogP contribution in [0.1, 0.15) is 42.9 Å². The maximum Gasteiger partial charge on any atom is 0.244 e. The van der Waals surface area contributed by atoms with E-state index in [0.29, 0.717) is 17.1 Å². The number of hydrogen-bond acceptors (Lipinski definition) is 7. The number of carbonyl (C=O) groups excluding carboxylic acids is 1. The van der Waals surface area contributed by atoms with Gasteiger partial charge in [-0.2, -0.15) is 11.3 Å². The second-order valence-corrected chi connectivity index (χ2v) is 9.58. The van der Waals surface area contributed by atoms with E-state index in [1.165, 1.54) is 36.1 Å². The standard InChI is InChI=1S/C19H23NO6S2/c1-25-16-7-6-15(10-17(16)26-14-4-2-3-5-14)28(23,24)18(11-19(21)20-22)13-8-9-27-12-13/h6-10,12,14,18,22H,2-5,11H2,1H3,(H,20,21). The molecule has 1 saturated carbocycles. The summed E-state index contributed by atoms with van der Waals surface area (Å²) in [6.45, 7) is 0. The zero-order valence-electron chi connectivity index (χ0n) is 15.5. The Labute approximate surface area is 168 Å². The topological polar surface area (TPSA) is 102 Å². The third kappa shape index (κ3) is 4.48. The highest BCUT2D eigenvalue weighted by Gasteiger charge is 2.32. The molecule has 1 aromatic heterocycles. The minimum Gasteiger partial charge on any atom is -0.493 e. The van der Waals surface area contributed by atoms with Gasteiger partial charge >= 0.3 is 0 Å². The van der Waals surface area contributed by atoms with Gasteiger partial charge in [0.15, 0.2) is 21.3 Å². The number of hydroxylamine groups is 1. The number of ether oxygens (including phenoxy) is 2. The molecule has 0 bridgehead atoms. The molecule has 1 amide bonds. The number of thiophene rings is 1. The van der Waals surface area contributed by atoms with Crippen molar-refractivity contribution in [2.45, 2.75) is 48.4 Å². The smallest absolute Gasteiger partial charge is 0.244 e. The molecule has 2 aromatic rings. The number of amides is 1. The zero-order valence-corrected chi connectivity index (χ0v) is 17.1. The lowest BCUT2D eigenvalue weighted by Crippen LogP contribution is -2.25. The molecule has 1 unspecified atom stereocenters. The molecule has 0 saturated heterocycles. The molecule has 152 valence electrons. The van der Waals surface area contributed by atoms with E-state index in [1.54, 1.807) is 22.9 Å². The number of nitrogens with one attached hydrogen (secondary N) is 1. The molecule has 1 fully saturated rings. The van der Waals surface area contributed by atoms with Gasteiger partial charge < -0.3 is 9.47 Å². The minimum atomic E-state index is -3.91. The van der Waals surface area contributed by atoms with Crippen LogP contribution < -0.4 is 15.0 Å². The summed E-state index contributed by atoms with van der Waals surface area (Å²) in [7, 11) is -2.41. The highest BCUT2D eigenvalue weighted by Crippen LogP contribution is 2.38. The predicted octanol–water partition coefficient (Wildman–Crippen LogP) is 3.49. The third-order valence-electron chi connectivity index (χ3n) is 4.84. The lowest BCUT2D eigenvalue weighted by atomic mass is 10.2. The van der Waals surface area contributed by atoms with Crippen LogP contribution in [0.15, 0.2) is 39.9 Å². The van der Waals surface area contributed by atoms with Crippen molar-refractivity contribution in [3.8, 4) is 11.5 Å². The number of carbonyl (C=O) groups is 1. The Balaban J connectivity index is 1.97. The van der Waals surface area contributed by atoms with Crippen LogP contribution in [-0.4, -0.2) is 32.7 Å². The van der Waals surface area contributed by atoms with Crippen LogP contribution in [0.5, 0.6) is 11.5 Å². The molecule has 0 radical (unpaired) electrons. The summed E-state index contributed by atoms with van der Waals surface area (Å²) in [5.74, 6) is 0.0768. The summed E-state index contributed by atoms with van der Waals surface area (Å²) in [5.41, 5.74) is 2.02. The molecule has 0 spiro atoms. The summed E-state index contributed by atoms with van der Waals surface area (Å²) >= 11 is 1.34. The maximum atomic E-state index is 13.3. The Morgan fingerprint density at radius 2 is 2.04 bits per heavy atom. The van der Waals surface area contributed by atoms with E-state index in [2.05, 4.69) is 0 Å². The fraction of sp³-hybridized carbons (Fsp3) is 0.421. The summed E-state index contributed by atoms with van der Waals surface area (Å²) in [6.07, 6.45) is 3.67. The summed E-state index contributed by atoms with van der Waals surface area (Å²) in [5, 5.41) is 11.2. The van der Waals surface area contributed by atoms with Crippen molar-refractivity contribution in [3.05, 3.63) is 40.6 Å². The van der Waals surface area contributed by atoms with Crippen LogP contribution in [0.25, 0.3) is 0 Å². The first-order valence-electron chi connectivity index (χ1n) is 8.99. The van der Waals surface area contributed by atoms with Gasteiger partial charge in [0, 0.05) is 6.07 Å². The fourth-order valence-electron chi connectivity index (χ4n) is 3.36. The van der Waals surface area contributed by atoms with Crippen LogP contribution in [0.4, 0.5) is 0 Å². The molecule has 1 atom stereocenters. The first-order chi connectivity index (χ1) is 13.5. The van der Waals surface area contributed by atoms with Crippen molar-refractivity contribution in [1.29, 1.82) is 0 Å². The molecule has 2 N–H and O–H groups in total. The predicted molar refractivity (Wildman–Crippen MR) is 105 cm³/mol. The Hall–Kier alpha value is -2.10. The van der Waals surface area contributed by atoms with Crippen LogP contribution >= 0.6 is 11.3 Å². The third-order valence-corrected chi connectivity index (χ3v) is 7.64. The van der Waals surface area contributed by atoms with E-state index in [-0.39, 0.29) is 17.4 Å². The van der Waals surface area contributed by atoms with Gasteiger partial charge in [-0.05, 0) is 60.2 Å². The van der Waals surface area contributed by atoms with Gasteiger partial charge in [0.25, 0.3) is 0 Å². The number of sulfone groups is 1.